The van der Waals surface area contributed by atoms with Crippen molar-refractivity contribution >= 4 is 11.9 Å². The molecule has 4 nitrogen and oxygen atoms in total. The molecular formula is C12H20O4. The van der Waals surface area contributed by atoms with E-state index in [0.717, 1.165) is 12.8 Å². The first-order valence-corrected chi connectivity index (χ1v) is 5.97. The lowest BCUT2D eigenvalue weighted by Gasteiger charge is -2.26. The highest BCUT2D eigenvalue weighted by atomic mass is 16.5. The van der Waals surface area contributed by atoms with E-state index in [9.17, 15) is 14.7 Å². The largest absolute Gasteiger partial charge is 0.480 e. The van der Waals surface area contributed by atoms with Gasteiger partial charge >= 0.3 is 11.9 Å². The van der Waals surface area contributed by atoms with Crippen LogP contribution in [0.2, 0.25) is 0 Å². The third-order valence-corrected chi connectivity index (χ3v) is 3.09. The van der Waals surface area contributed by atoms with Crippen LogP contribution >= 0.6 is 0 Å². The summed E-state index contributed by atoms with van der Waals surface area (Å²) < 4.78 is 4.93. The summed E-state index contributed by atoms with van der Waals surface area (Å²) in [5, 5.41) is 9.33. The summed E-state index contributed by atoms with van der Waals surface area (Å²) in [6, 6.07) is 0. The van der Waals surface area contributed by atoms with Gasteiger partial charge in [-0.25, -0.2) is 0 Å². The van der Waals surface area contributed by atoms with E-state index in [1.807, 2.05) is 6.92 Å². The molecule has 1 rings (SSSR count). The van der Waals surface area contributed by atoms with E-state index in [1.54, 1.807) is 6.92 Å². The average Bonchev–Trinajstić information content (AvgIpc) is 3.00. The predicted molar refractivity (Wildman–Crippen MR) is 59.0 cm³/mol. The van der Waals surface area contributed by atoms with Crippen molar-refractivity contribution in [3.63, 3.8) is 0 Å². The van der Waals surface area contributed by atoms with E-state index in [2.05, 4.69) is 0 Å². The van der Waals surface area contributed by atoms with E-state index >= 15 is 0 Å². The predicted octanol–water partition coefficient (Wildman–Crippen LogP) is 2.22. The van der Waals surface area contributed by atoms with Crippen LogP contribution in [0.3, 0.4) is 0 Å². The van der Waals surface area contributed by atoms with E-state index in [0.29, 0.717) is 25.2 Å². The molecular weight excluding hydrogens is 208 g/mol. The second-order valence-corrected chi connectivity index (χ2v) is 4.51. The summed E-state index contributed by atoms with van der Waals surface area (Å²) >= 11 is 0. The number of aliphatic carboxylic acids is 1. The Hall–Kier alpha value is -1.06. The molecule has 0 aromatic carbocycles. The molecule has 1 atom stereocenters. The number of ether oxygens (including phenoxy) is 1. The molecule has 0 saturated heterocycles. The van der Waals surface area contributed by atoms with Crippen LogP contribution in [0, 0.1) is 11.3 Å². The van der Waals surface area contributed by atoms with Crippen LogP contribution < -0.4 is 0 Å². The van der Waals surface area contributed by atoms with Gasteiger partial charge in [0.05, 0.1) is 6.61 Å². The van der Waals surface area contributed by atoms with Crippen molar-refractivity contribution in [2.75, 3.05) is 6.61 Å². The first-order chi connectivity index (χ1) is 7.56. The Morgan fingerprint density at radius 1 is 1.38 bits per heavy atom. The lowest BCUT2D eigenvalue weighted by molar-refractivity contribution is -0.170. The molecule has 0 bridgehead atoms. The Labute approximate surface area is 96.0 Å². The smallest absolute Gasteiger partial charge is 0.323 e. The molecule has 1 unspecified atom stereocenters. The monoisotopic (exact) mass is 228 g/mol. The molecule has 1 aliphatic carbocycles. The number of rotatable bonds is 7. The molecule has 1 aliphatic rings. The normalized spacial score (nSPS) is 18.9. The minimum absolute atomic E-state index is 0.238. The molecule has 16 heavy (non-hydrogen) atoms. The number of carbonyl (C=O) groups is 2. The Bertz CT molecular complexity index is 270. The third-order valence-electron chi connectivity index (χ3n) is 3.09. The van der Waals surface area contributed by atoms with Crippen molar-refractivity contribution in [1.29, 1.82) is 0 Å². The van der Waals surface area contributed by atoms with Gasteiger partial charge in [-0.3, -0.25) is 9.59 Å². The summed E-state index contributed by atoms with van der Waals surface area (Å²) in [7, 11) is 0. The fourth-order valence-electron chi connectivity index (χ4n) is 2.08. The maximum atomic E-state index is 11.9. The molecule has 1 N–H and O–H groups in total. The Morgan fingerprint density at radius 3 is 2.38 bits per heavy atom. The number of hydrogen-bond acceptors (Lipinski definition) is 3. The van der Waals surface area contributed by atoms with Crippen molar-refractivity contribution in [3.8, 4) is 0 Å². The molecule has 0 radical (unpaired) electrons. The van der Waals surface area contributed by atoms with Gasteiger partial charge in [-0.2, -0.15) is 0 Å². The zero-order valence-corrected chi connectivity index (χ0v) is 9.99. The van der Waals surface area contributed by atoms with Gasteiger partial charge in [-0.1, -0.05) is 26.2 Å². The molecule has 4 heteroatoms. The van der Waals surface area contributed by atoms with E-state index < -0.39 is 17.4 Å². The summed E-state index contributed by atoms with van der Waals surface area (Å²) in [4.78, 5) is 23.2. The standard InChI is InChI=1S/C12H20O4/c1-3-7-12(10(13)14,8-9-5-6-9)11(15)16-4-2/h9H,3-8H2,1-2H3,(H,13,14). The molecule has 0 spiro atoms. The topological polar surface area (TPSA) is 63.6 Å². The zero-order chi connectivity index (χ0) is 12.2. The molecule has 0 aromatic heterocycles. The number of carboxylic acid groups (broad SMARTS) is 1. The Morgan fingerprint density at radius 2 is 2.00 bits per heavy atom. The minimum Gasteiger partial charge on any atom is -0.480 e. The van der Waals surface area contributed by atoms with E-state index in [1.165, 1.54) is 0 Å². The van der Waals surface area contributed by atoms with Crippen LogP contribution in [-0.2, 0) is 14.3 Å². The van der Waals surface area contributed by atoms with Crippen LogP contribution in [0.25, 0.3) is 0 Å². The second kappa shape index (κ2) is 5.32. The number of hydrogen-bond donors (Lipinski definition) is 1. The summed E-state index contributed by atoms with van der Waals surface area (Å²) in [5.41, 5.74) is -1.30. The highest BCUT2D eigenvalue weighted by Gasteiger charge is 2.49. The molecule has 0 aromatic rings. The van der Waals surface area contributed by atoms with Crippen LogP contribution in [0.1, 0.15) is 46.0 Å². The summed E-state index contributed by atoms with van der Waals surface area (Å²) in [6.45, 7) is 3.83. The van der Waals surface area contributed by atoms with Crippen molar-refractivity contribution in [1.82, 2.24) is 0 Å². The number of carbonyl (C=O) groups excluding carboxylic acids is 1. The fraction of sp³-hybridized carbons (Fsp3) is 0.833. The molecule has 92 valence electrons. The Kier molecular flexibility index (Phi) is 4.33. The first-order valence-electron chi connectivity index (χ1n) is 5.97. The lowest BCUT2D eigenvalue weighted by Crippen LogP contribution is -2.41. The van der Waals surface area contributed by atoms with Gasteiger partial charge in [0, 0.05) is 0 Å². The van der Waals surface area contributed by atoms with Crippen LogP contribution in [0.4, 0.5) is 0 Å². The Balaban J connectivity index is 2.84. The van der Waals surface area contributed by atoms with Gasteiger partial charge in [-0.05, 0) is 25.7 Å². The maximum Gasteiger partial charge on any atom is 0.323 e. The van der Waals surface area contributed by atoms with Gasteiger partial charge in [0.15, 0.2) is 5.41 Å². The van der Waals surface area contributed by atoms with Gasteiger partial charge in [0.25, 0.3) is 0 Å². The molecule has 1 fully saturated rings. The van der Waals surface area contributed by atoms with Crippen LogP contribution in [0.15, 0.2) is 0 Å². The van der Waals surface area contributed by atoms with Gasteiger partial charge < -0.3 is 9.84 Å². The molecule has 0 heterocycles. The van der Waals surface area contributed by atoms with E-state index in [4.69, 9.17) is 4.74 Å². The summed E-state index contributed by atoms with van der Waals surface area (Å²) in [5.74, 6) is -1.19. The molecule has 0 aliphatic heterocycles. The minimum atomic E-state index is -1.30. The fourth-order valence-corrected chi connectivity index (χ4v) is 2.08. The van der Waals surface area contributed by atoms with Gasteiger partial charge in [0.2, 0.25) is 0 Å². The summed E-state index contributed by atoms with van der Waals surface area (Å²) in [6.07, 6.45) is 3.57. The quantitative estimate of drug-likeness (QED) is 0.536. The average molecular weight is 228 g/mol. The highest BCUT2D eigenvalue weighted by Crippen LogP contribution is 2.43. The van der Waals surface area contributed by atoms with Crippen molar-refractivity contribution in [2.24, 2.45) is 11.3 Å². The van der Waals surface area contributed by atoms with Gasteiger partial charge in [0.1, 0.15) is 0 Å². The van der Waals surface area contributed by atoms with Crippen molar-refractivity contribution in [2.45, 2.75) is 46.0 Å². The number of carboxylic acids is 1. The molecule has 0 amide bonds. The van der Waals surface area contributed by atoms with Crippen LogP contribution in [0.5, 0.6) is 0 Å². The molecule has 1 saturated carbocycles. The van der Waals surface area contributed by atoms with Crippen molar-refractivity contribution < 1.29 is 19.4 Å². The zero-order valence-electron chi connectivity index (χ0n) is 9.99. The first kappa shape index (κ1) is 13.0. The van der Waals surface area contributed by atoms with E-state index in [-0.39, 0.29) is 6.61 Å². The number of esters is 1. The SMILES string of the molecule is CCCC(CC1CC1)(C(=O)O)C(=O)OCC. The van der Waals surface area contributed by atoms with Gasteiger partial charge in [-0.15, -0.1) is 0 Å². The van der Waals surface area contributed by atoms with Crippen LogP contribution in [-0.4, -0.2) is 23.7 Å². The van der Waals surface area contributed by atoms with Crippen molar-refractivity contribution in [3.05, 3.63) is 0 Å². The lowest BCUT2D eigenvalue weighted by atomic mass is 9.78. The highest BCUT2D eigenvalue weighted by molar-refractivity contribution is 5.99. The maximum absolute atomic E-state index is 11.9. The second-order valence-electron chi connectivity index (χ2n) is 4.51. The third kappa shape index (κ3) is 2.74.